The molecule has 0 bridgehead atoms. The summed E-state index contributed by atoms with van der Waals surface area (Å²) in [6, 6.07) is 10.6. The average molecular weight is 234 g/mol. The van der Waals surface area contributed by atoms with Crippen LogP contribution in [0.15, 0.2) is 30.3 Å². The lowest BCUT2D eigenvalue weighted by Gasteiger charge is -2.17. The summed E-state index contributed by atoms with van der Waals surface area (Å²) in [5, 5.41) is 13.2. The Morgan fingerprint density at radius 3 is 2.71 bits per heavy atom. The van der Waals surface area contributed by atoms with E-state index in [0.717, 1.165) is 24.7 Å². The lowest BCUT2D eigenvalue weighted by atomic mass is 10.1. The van der Waals surface area contributed by atoms with Crippen LogP contribution in [0.3, 0.4) is 0 Å². The fourth-order valence-electron chi connectivity index (χ4n) is 1.99. The second-order valence-corrected chi connectivity index (χ2v) is 4.84. The molecular weight excluding hydrogens is 212 g/mol. The highest BCUT2D eigenvalue weighted by Crippen LogP contribution is 2.24. The molecule has 0 saturated heterocycles. The minimum atomic E-state index is -0.401. The first-order valence-corrected chi connectivity index (χ1v) is 6.41. The molecule has 1 fully saturated rings. The summed E-state index contributed by atoms with van der Waals surface area (Å²) in [6.07, 6.45) is 2.30. The molecule has 1 aliphatic rings. The van der Waals surface area contributed by atoms with Crippen molar-refractivity contribution < 1.29 is 5.11 Å². The van der Waals surface area contributed by atoms with Crippen molar-refractivity contribution >= 4 is 0 Å². The van der Waals surface area contributed by atoms with Crippen molar-refractivity contribution in [3.63, 3.8) is 0 Å². The maximum absolute atomic E-state index is 9.93. The van der Waals surface area contributed by atoms with Crippen LogP contribution in [-0.4, -0.2) is 42.7 Å². The Balaban J connectivity index is 1.61. The molecule has 3 nitrogen and oxygen atoms in total. The number of likely N-dealkylation sites (N-methyl/N-ethyl adjacent to an activating group) is 1. The second kappa shape index (κ2) is 6.15. The highest BCUT2D eigenvalue weighted by atomic mass is 16.3. The number of nitrogens with one attached hydrogen (secondary N) is 1. The standard InChI is InChI=1S/C14H22N2O/c1-16(13-7-8-13)10-9-15-11-14(17)12-5-3-2-4-6-12/h2-6,13-15,17H,7-11H2,1H3. The smallest absolute Gasteiger partial charge is 0.0914 e. The van der Waals surface area contributed by atoms with Crippen LogP contribution >= 0.6 is 0 Å². The third-order valence-corrected chi connectivity index (χ3v) is 3.33. The third-order valence-electron chi connectivity index (χ3n) is 3.33. The number of nitrogens with zero attached hydrogens (tertiary/aromatic N) is 1. The molecular formula is C14H22N2O. The molecule has 17 heavy (non-hydrogen) atoms. The van der Waals surface area contributed by atoms with Gasteiger partial charge in [-0.3, -0.25) is 0 Å². The maximum atomic E-state index is 9.93. The molecule has 0 aromatic heterocycles. The van der Waals surface area contributed by atoms with Crippen molar-refractivity contribution in [2.75, 3.05) is 26.7 Å². The lowest BCUT2D eigenvalue weighted by Crippen LogP contribution is -2.32. The lowest BCUT2D eigenvalue weighted by molar-refractivity contribution is 0.173. The van der Waals surface area contributed by atoms with Gasteiger partial charge in [-0.05, 0) is 25.5 Å². The molecule has 0 radical (unpaired) electrons. The topological polar surface area (TPSA) is 35.5 Å². The molecule has 1 atom stereocenters. The van der Waals surface area contributed by atoms with E-state index in [1.165, 1.54) is 12.8 Å². The molecule has 3 heteroatoms. The molecule has 0 heterocycles. The summed E-state index contributed by atoms with van der Waals surface area (Å²) >= 11 is 0. The SMILES string of the molecule is CN(CCNCC(O)c1ccccc1)C1CC1. The number of hydrogen-bond donors (Lipinski definition) is 2. The summed E-state index contributed by atoms with van der Waals surface area (Å²) in [5.41, 5.74) is 0.982. The third kappa shape index (κ3) is 4.11. The van der Waals surface area contributed by atoms with E-state index >= 15 is 0 Å². The van der Waals surface area contributed by atoms with Crippen molar-refractivity contribution in [3.05, 3.63) is 35.9 Å². The van der Waals surface area contributed by atoms with Gasteiger partial charge >= 0.3 is 0 Å². The molecule has 1 aliphatic carbocycles. The molecule has 94 valence electrons. The summed E-state index contributed by atoms with van der Waals surface area (Å²) < 4.78 is 0. The normalized spacial score (nSPS) is 17.4. The Kier molecular flexibility index (Phi) is 4.54. The summed E-state index contributed by atoms with van der Waals surface area (Å²) in [4.78, 5) is 2.39. The van der Waals surface area contributed by atoms with E-state index in [4.69, 9.17) is 0 Å². The molecule has 0 aliphatic heterocycles. The van der Waals surface area contributed by atoms with E-state index in [-0.39, 0.29) is 0 Å². The molecule has 0 spiro atoms. The monoisotopic (exact) mass is 234 g/mol. The first kappa shape index (κ1) is 12.6. The van der Waals surface area contributed by atoms with Crippen LogP contribution in [0.4, 0.5) is 0 Å². The molecule has 2 N–H and O–H groups in total. The molecule has 1 aromatic rings. The predicted molar refractivity (Wildman–Crippen MR) is 69.9 cm³/mol. The van der Waals surface area contributed by atoms with Crippen LogP contribution in [0, 0.1) is 0 Å². The first-order chi connectivity index (χ1) is 8.27. The van der Waals surface area contributed by atoms with Gasteiger partial charge in [0, 0.05) is 25.7 Å². The number of hydrogen-bond acceptors (Lipinski definition) is 3. The minimum absolute atomic E-state index is 0.401. The minimum Gasteiger partial charge on any atom is -0.387 e. The van der Waals surface area contributed by atoms with Gasteiger partial charge in [0.05, 0.1) is 6.10 Å². The van der Waals surface area contributed by atoms with Gasteiger partial charge in [0.2, 0.25) is 0 Å². The van der Waals surface area contributed by atoms with Crippen LogP contribution in [0.25, 0.3) is 0 Å². The number of rotatable bonds is 7. The highest BCUT2D eigenvalue weighted by Gasteiger charge is 2.25. The van der Waals surface area contributed by atoms with Crippen LogP contribution in [0.1, 0.15) is 24.5 Å². The van der Waals surface area contributed by atoms with Gasteiger partial charge in [-0.1, -0.05) is 30.3 Å². The van der Waals surface area contributed by atoms with E-state index in [2.05, 4.69) is 17.3 Å². The Labute approximate surface area is 103 Å². The molecule has 1 saturated carbocycles. The first-order valence-electron chi connectivity index (χ1n) is 6.41. The number of aliphatic hydroxyl groups excluding tert-OH is 1. The van der Waals surface area contributed by atoms with Crippen molar-refractivity contribution in [1.29, 1.82) is 0 Å². The van der Waals surface area contributed by atoms with E-state index < -0.39 is 6.10 Å². The van der Waals surface area contributed by atoms with E-state index in [0.29, 0.717) is 6.54 Å². The van der Waals surface area contributed by atoms with Gasteiger partial charge in [0.15, 0.2) is 0 Å². The molecule has 1 aromatic carbocycles. The predicted octanol–water partition coefficient (Wildman–Crippen LogP) is 1.40. The van der Waals surface area contributed by atoms with Crippen LogP contribution < -0.4 is 5.32 Å². The summed E-state index contributed by atoms with van der Waals surface area (Å²) in [7, 11) is 2.17. The zero-order valence-corrected chi connectivity index (χ0v) is 10.5. The van der Waals surface area contributed by atoms with Crippen molar-refractivity contribution in [3.8, 4) is 0 Å². The van der Waals surface area contributed by atoms with Gasteiger partial charge in [0.25, 0.3) is 0 Å². The second-order valence-electron chi connectivity index (χ2n) is 4.84. The number of benzene rings is 1. The van der Waals surface area contributed by atoms with Gasteiger partial charge in [-0.25, -0.2) is 0 Å². The van der Waals surface area contributed by atoms with Gasteiger partial charge < -0.3 is 15.3 Å². The van der Waals surface area contributed by atoms with Crippen molar-refractivity contribution in [2.45, 2.75) is 25.0 Å². The molecule has 0 amide bonds. The summed E-state index contributed by atoms with van der Waals surface area (Å²) in [5.74, 6) is 0. The van der Waals surface area contributed by atoms with Crippen molar-refractivity contribution in [2.24, 2.45) is 0 Å². The van der Waals surface area contributed by atoms with Gasteiger partial charge in [-0.2, -0.15) is 0 Å². The zero-order valence-electron chi connectivity index (χ0n) is 10.5. The average Bonchev–Trinajstić information content (AvgIpc) is 3.19. The van der Waals surface area contributed by atoms with E-state index in [1.807, 2.05) is 30.3 Å². The van der Waals surface area contributed by atoms with Gasteiger partial charge in [0.1, 0.15) is 0 Å². The molecule has 2 rings (SSSR count). The molecule has 1 unspecified atom stereocenters. The fourth-order valence-corrected chi connectivity index (χ4v) is 1.99. The highest BCUT2D eigenvalue weighted by molar-refractivity contribution is 5.17. The largest absolute Gasteiger partial charge is 0.387 e. The Bertz CT molecular complexity index is 324. The van der Waals surface area contributed by atoms with E-state index in [9.17, 15) is 5.11 Å². The van der Waals surface area contributed by atoms with Crippen LogP contribution in [0.2, 0.25) is 0 Å². The van der Waals surface area contributed by atoms with Crippen LogP contribution in [0.5, 0.6) is 0 Å². The quantitative estimate of drug-likeness (QED) is 0.700. The number of aliphatic hydroxyl groups is 1. The van der Waals surface area contributed by atoms with E-state index in [1.54, 1.807) is 0 Å². The Morgan fingerprint density at radius 1 is 1.35 bits per heavy atom. The van der Waals surface area contributed by atoms with Crippen LogP contribution in [-0.2, 0) is 0 Å². The van der Waals surface area contributed by atoms with Gasteiger partial charge in [-0.15, -0.1) is 0 Å². The zero-order chi connectivity index (χ0) is 12.1. The van der Waals surface area contributed by atoms with Crippen molar-refractivity contribution in [1.82, 2.24) is 10.2 Å². The Morgan fingerprint density at radius 2 is 2.06 bits per heavy atom. The summed E-state index contributed by atoms with van der Waals surface area (Å²) in [6.45, 7) is 2.63. The fraction of sp³-hybridized carbons (Fsp3) is 0.571. The maximum Gasteiger partial charge on any atom is 0.0914 e. The Hall–Kier alpha value is -0.900.